The summed E-state index contributed by atoms with van der Waals surface area (Å²) in [5.41, 5.74) is 1.80. The standard InChI is InChI=1S/C20H12B2O6/c23-19-15-12-18-16(20(24)28-22(26-18)14-9-5-2-6-10-14)11-17(15)25-21(27-19)13-7-3-1-4-8-13/h1-12H. The number of carbonyl (C=O) groups excluding carboxylic acids is 2. The molecule has 2 aliphatic heterocycles. The maximum atomic E-state index is 12.5. The van der Waals surface area contributed by atoms with Crippen LogP contribution in [0.1, 0.15) is 20.7 Å². The lowest BCUT2D eigenvalue weighted by Gasteiger charge is -2.27. The van der Waals surface area contributed by atoms with Crippen molar-refractivity contribution in [3.05, 3.63) is 83.9 Å². The summed E-state index contributed by atoms with van der Waals surface area (Å²) in [6.07, 6.45) is 0. The Kier molecular flexibility index (Phi) is 3.83. The first-order chi connectivity index (χ1) is 13.7. The van der Waals surface area contributed by atoms with E-state index in [1.807, 2.05) is 36.4 Å². The molecule has 0 unspecified atom stereocenters. The molecule has 0 radical (unpaired) electrons. The van der Waals surface area contributed by atoms with Crippen LogP contribution < -0.4 is 20.2 Å². The van der Waals surface area contributed by atoms with Gasteiger partial charge in [0, 0.05) is 10.9 Å². The first-order valence-electron chi connectivity index (χ1n) is 8.72. The summed E-state index contributed by atoms with van der Waals surface area (Å²) >= 11 is 0. The minimum atomic E-state index is -0.878. The first-order valence-corrected chi connectivity index (χ1v) is 8.72. The van der Waals surface area contributed by atoms with Gasteiger partial charge in [-0.15, -0.1) is 0 Å². The minimum Gasteiger partial charge on any atom is -0.521 e. The van der Waals surface area contributed by atoms with E-state index in [-0.39, 0.29) is 22.6 Å². The SMILES string of the molecule is O=C1OB(c2ccccc2)Oc2cc3c(cc21)OB(c1ccccc1)OC3=O. The van der Waals surface area contributed by atoms with Gasteiger partial charge in [-0.2, -0.15) is 0 Å². The van der Waals surface area contributed by atoms with Crippen molar-refractivity contribution in [3.8, 4) is 11.5 Å². The summed E-state index contributed by atoms with van der Waals surface area (Å²) in [6.45, 7) is 0. The molecule has 3 aromatic carbocycles. The highest BCUT2D eigenvalue weighted by Crippen LogP contribution is 2.35. The van der Waals surface area contributed by atoms with Gasteiger partial charge in [-0.1, -0.05) is 60.7 Å². The molecule has 0 amide bonds. The lowest BCUT2D eigenvalue weighted by Crippen LogP contribution is -2.46. The van der Waals surface area contributed by atoms with Gasteiger partial charge in [0.25, 0.3) is 0 Å². The summed E-state index contributed by atoms with van der Waals surface area (Å²) < 4.78 is 22.4. The number of benzene rings is 3. The summed E-state index contributed by atoms with van der Waals surface area (Å²) in [6, 6.07) is 21.1. The molecule has 0 saturated carbocycles. The smallest absolute Gasteiger partial charge is 0.521 e. The van der Waals surface area contributed by atoms with Crippen molar-refractivity contribution in [2.75, 3.05) is 0 Å². The zero-order chi connectivity index (χ0) is 19.1. The van der Waals surface area contributed by atoms with Crippen LogP contribution in [0.3, 0.4) is 0 Å². The van der Waals surface area contributed by atoms with Gasteiger partial charge in [0.2, 0.25) is 0 Å². The fourth-order valence-electron chi connectivity index (χ4n) is 3.17. The monoisotopic (exact) mass is 370 g/mol. The number of rotatable bonds is 2. The van der Waals surface area contributed by atoms with E-state index in [4.69, 9.17) is 18.6 Å². The Morgan fingerprint density at radius 2 is 0.929 bits per heavy atom. The maximum absolute atomic E-state index is 12.5. The van der Waals surface area contributed by atoms with Crippen molar-refractivity contribution in [3.63, 3.8) is 0 Å². The summed E-state index contributed by atoms with van der Waals surface area (Å²) in [4.78, 5) is 25.0. The zero-order valence-electron chi connectivity index (χ0n) is 14.5. The molecule has 2 aliphatic rings. The Bertz CT molecular complexity index is 984. The highest BCUT2D eigenvalue weighted by molar-refractivity contribution is 6.65. The van der Waals surface area contributed by atoms with Crippen molar-refractivity contribution < 1.29 is 28.2 Å². The van der Waals surface area contributed by atoms with Crippen LogP contribution in [0.15, 0.2) is 72.8 Å². The van der Waals surface area contributed by atoms with Crippen LogP contribution in [0, 0.1) is 0 Å². The van der Waals surface area contributed by atoms with Gasteiger partial charge in [0.1, 0.15) is 22.6 Å². The second-order valence-electron chi connectivity index (χ2n) is 6.38. The van der Waals surface area contributed by atoms with Gasteiger partial charge in [0.05, 0.1) is 0 Å². The number of carbonyl (C=O) groups is 2. The molecule has 8 heteroatoms. The average Bonchev–Trinajstić information content (AvgIpc) is 2.74. The lowest BCUT2D eigenvalue weighted by molar-refractivity contribution is 0.0662. The van der Waals surface area contributed by atoms with Crippen molar-refractivity contribution in [2.45, 2.75) is 0 Å². The predicted octanol–water partition coefficient (Wildman–Crippen LogP) is 1.58. The van der Waals surface area contributed by atoms with Crippen LogP contribution in [-0.2, 0) is 9.31 Å². The van der Waals surface area contributed by atoms with E-state index in [2.05, 4.69) is 0 Å². The average molecular weight is 370 g/mol. The van der Waals surface area contributed by atoms with E-state index in [1.165, 1.54) is 12.1 Å². The van der Waals surface area contributed by atoms with Crippen LogP contribution in [0.2, 0.25) is 0 Å². The quantitative estimate of drug-likeness (QED) is 0.638. The molecule has 0 fully saturated rings. The molecule has 3 aromatic rings. The minimum absolute atomic E-state index is 0.201. The predicted molar refractivity (Wildman–Crippen MR) is 102 cm³/mol. The molecule has 5 rings (SSSR count). The van der Waals surface area contributed by atoms with E-state index in [0.29, 0.717) is 10.9 Å². The third-order valence-corrected chi connectivity index (χ3v) is 4.56. The molecule has 0 spiro atoms. The van der Waals surface area contributed by atoms with Crippen molar-refractivity contribution in [2.24, 2.45) is 0 Å². The molecule has 0 aliphatic carbocycles. The first kappa shape index (κ1) is 16.5. The highest BCUT2D eigenvalue weighted by atomic mass is 16.6. The number of hydrogen-bond acceptors (Lipinski definition) is 6. The second-order valence-corrected chi connectivity index (χ2v) is 6.38. The Balaban J connectivity index is 1.50. The maximum Gasteiger partial charge on any atom is 0.634 e. The number of hydrogen-bond donors (Lipinski definition) is 0. The van der Waals surface area contributed by atoms with Gasteiger partial charge >= 0.3 is 26.2 Å². The normalized spacial score (nSPS) is 14.9. The fraction of sp³-hybridized carbons (Fsp3) is 0. The van der Waals surface area contributed by atoms with E-state index in [0.717, 1.165) is 0 Å². The molecule has 0 bridgehead atoms. The third kappa shape index (κ3) is 2.79. The van der Waals surface area contributed by atoms with Crippen molar-refractivity contribution in [1.82, 2.24) is 0 Å². The Hall–Kier alpha value is -3.67. The van der Waals surface area contributed by atoms with Crippen LogP contribution in [-0.4, -0.2) is 26.2 Å². The second kappa shape index (κ2) is 6.49. The fourth-order valence-corrected chi connectivity index (χ4v) is 3.17. The van der Waals surface area contributed by atoms with E-state index in [9.17, 15) is 9.59 Å². The van der Waals surface area contributed by atoms with E-state index < -0.39 is 26.2 Å². The molecule has 28 heavy (non-hydrogen) atoms. The molecule has 0 saturated heterocycles. The van der Waals surface area contributed by atoms with Gasteiger partial charge in [-0.3, -0.25) is 0 Å². The van der Waals surface area contributed by atoms with Gasteiger partial charge < -0.3 is 18.6 Å². The van der Waals surface area contributed by atoms with E-state index in [1.54, 1.807) is 24.3 Å². The van der Waals surface area contributed by atoms with Crippen LogP contribution in [0.5, 0.6) is 11.5 Å². The molecular weight excluding hydrogens is 358 g/mol. The van der Waals surface area contributed by atoms with Crippen LogP contribution >= 0.6 is 0 Å². The molecule has 2 heterocycles. The molecule has 0 N–H and O–H groups in total. The summed E-state index contributed by atoms with van der Waals surface area (Å²) in [5, 5.41) is 0. The topological polar surface area (TPSA) is 71.1 Å². The van der Waals surface area contributed by atoms with Crippen LogP contribution in [0.4, 0.5) is 0 Å². The molecule has 134 valence electrons. The van der Waals surface area contributed by atoms with Crippen molar-refractivity contribution >= 4 is 37.1 Å². The Morgan fingerprint density at radius 3 is 1.32 bits per heavy atom. The third-order valence-electron chi connectivity index (χ3n) is 4.56. The highest BCUT2D eigenvalue weighted by Gasteiger charge is 2.40. The van der Waals surface area contributed by atoms with Crippen molar-refractivity contribution in [1.29, 1.82) is 0 Å². The molecule has 0 aromatic heterocycles. The summed E-state index contributed by atoms with van der Waals surface area (Å²) in [5.74, 6) is -0.585. The largest absolute Gasteiger partial charge is 0.634 e. The lowest BCUT2D eigenvalue weighted by atomic mass is 9.77. The van der Waals surface area contributed by atoms with Gasteiger partial charge in [-0.25, -0.2) is 9.59 Å². The Morgan fingerprint density at radius 1 is 0.536 bits per heavy atom. The zero-order valence-corrected chi connectivity index (χ0v) is 14.5. The summed E-state index contributed by atoms with van der Waals surface area (Å²) in [7, 11) is -1.76. The number of fused-ring (bicyclic) bond motifs is 2. The van der Waals surface area contributed by atoms with Gasteiger partial charge in [0.15, 0.2) is 0 Å². The van der Waals surface area contributed by atoms with Gasteiger partial charge in [-0.05, 0) is 12.1 Å². The molecule has 6 nitrogen and oxygen atoms in total. The molecular formula is C20H12B2O6. The van der Waals surface area contributed by atoms with Crippen LogP contribution in [0.25, 0.3) is 0 Å². The van der Waals surface area contributed by atoms with E-state index >= 15 is 0 Å². The molecule has 0 atom stereocenters. The Labute approximate surface area is 161 Å².